The average molecular weight is 480 g/mol. The molecule has 1 aliphatic rings. The van der Waals surface area contributed by atoms with Gasteiger partial charge in [-0.1, -0.05) is 121 Å². The van der Waals surface area contributed by atoms with E-state index in [-0.39, 0.29) is 4.75 Å². The summed E-state index contributed by atoms with van der Waals surface area (Å²) in [6.07, 6.45) is 1.22. The number of rotatable bonds is 10. The molecule has 0 bridgehead atoms. The fourth-order valence-electron chi connectivity index (χ4n) is 5.04. The zero-order chi connectivity index (χ0) is 23.8. The fraction of sp³-hybridized carbons (Fsp3) is 0.250. The van der Waals surface area contributed by atoms with Crippen LogP contribution in [-0.4, -0.2) is 30.5 Å². The molecule has 1 heterocycles. The Labute approximate surface area is 214 Å². The van der Waals surface area contributed by atoms with Crippen LogP contribution in [0.4, 0.5) is 0 Å². The number of likely N-dealkylation sites (tertiary alicyclic amines) is 1. The lowest BCUT2D eigenvalue weighted by Crippen LogP contribution is -2.28. The molecule has 5 rings (SSSR count). The number of nitrogens with zero attached hydrogens (tertiary/aromatic N) is 1. The number of hydrogen-bond acceptors (Lipinski definition) is 3. The lowest BCUT2D eigenvalue weighted by atomic mass is 9.84. The molecule has 0 aliphatic carbocycles. The molecular weight excluding hydrogens is 446 g/mol. The third-order valence-electron chi connectivity index (χ3n) is 6.83. The number of hydrogen-bond donors (Lipinski definition) is 0. The monoisotopic (exact) mass is 479 g/mol. The molecule has 2 nitrogen and oxygen atoms in total. The molecule has 1 aliphatic heterocycles. The van der Waals surface area contributed by atoms with Crippen LogP contribution in [0.5, 0.6) is 0 Å². The molecule has 4 aromatic carbocycles. The molecule has 178 valence electrons. The molecule has 1 atom stereocenters. The van der Waals surface area contributed by atoms with Crippen molar-refractivity contribution in [2.75, 3.05) is 25.6 Å². The second-order valence-corrected chi connectivity index (χ2v) is 10.5. The van der Waals surface area contributed by atoms with Gasteiger partial charge in [-0.2, -0.15) is 0 Å². The van der Waals surface area contributed by atoms with Crippen LogP contribution in [0.15, 0.2) is 121 Å². The van der Waals surface area contributed by atoms with Gasteiger partial charge in [0.1, 0.15) is 0 Å². The van der Waals surface area contributed by atoms with Crippen LogP contribution in [0.2, 0.25) is 0 Å². The zero-order valence-corrected chi connectivity index (χ0v) is 20.9. The van der Waals surface area contributed by atoms with E-state index in [9.17, 15) is 0 Å². The van der Waals surface area contributed by atoms with Crippen LogP contribution in [-0.2, 0) is 16.1 Å². The van der Waals surface area contributed by atoms with E-state index in [1.807, 2.05) is 6.07 Å². The van der Waals surface area contributed by atoms with E-state index in [1.165, 1.54) is 28.7 Å². The van der Waals surface area contributed by atoms with Crippen molar-refractivity contribution in [3.05, 3.63) is 144 Å². The van der Waals surface area contributed by atoms with Crippen molar-refractivity contribution in [3.8, 4) is 0 Å². The summed E-state index contributed by atoms with van der Waals surface area (Å²) in [7, 11) is 0. The van der Waals surface area contributed by atoms with Crippen LogP contribution in [0.3, 0.4) is 0 Å². The van der Waals surface area contributed by atoms with E-state index in [0.717, 1.165) is 18.8 Å². The first-order chi connectivity index (χ1) is 17.3. The summed E-state index contributed by atoms with van der Waals surface area (Å²) in [5, 5.41) is 0. The van der Waals surface area contributed by atoms with Crippen molar-refractivity contribution in [2.24, 2.45) is 5.92 Å². The normalized spacial score (nSPS) is 16.4. The minimum atomic E-state index is -0.235. The molecule has 0 saturated carbocycles. The van der Waals surface area contributed by atoms with Gasteiger partial charge in [-0.15, -0.1) is 11.8 Å². The Morgan fingerprint density at radius 3 is 1.69 bits per heavy atom. The van der Waals surface area contributed by atoms with Crippen LogP contribution >= 0.6 is 11.8 Å². The molecule has 0 N–H and O–H groups in total. The van der Waals surface area contributed by atoms with Gasteiger partial charge < -0.3 is 4.74 Å². The number of benzene rings is 4. The summed E-state index contributed by atoms with van der Waals surface area (Å²) in [4.78, 5) is 2.46. The largest absolute Gasteiger partial charge is 0.361 e. The van der Waals surface area contributed by atoms with Gasteiger partial charge in [0.15, 0.2) is 0 Å². The molecule has 1 fully saturated rings. The van der Waals surface area contributed by atoms with E-state index in [1.54, 1.807) is 0 Å². The van der Waals surface area contributed by atoms with Gasteiger partial charge in [-0.25, -0.2) is 0 Å². The standard InChI is InChI=1S/C32H33NOS/c1-5-13-27(14-6-1)24-34-26-33-22-21-28(23-33)25-35-32(29-15-7-2-8-16-29,30-17-9-3-10-18-30)31-19-11-4-12-20-31/h1-20,28H,21-26H2. The quantitative estimate of drug-likeness (QED) is 0.223. The number of thioether (sulfide) groups is 1. The average Bonchev–Trinajstić information content (AvgIpc) is 3.39. The minimum absolute atomic E-state index is 0.235. The van der Waals surface area contributed by atoms with Gasteiger partial charge in [0, 0.05) is 13.1 Å². The molecule has 0 amide bonds. The molecule has 1 unspecified atom stereocenters. The van der Waals surface area contributed by atoms with Gasteiger partial charge in [0.05, 0.1) is 18.1 Å². The fourth-order valence-corrected chi connectivity index (χ4v) is 6.71. The van der Waals surface area contributed by atoms with E-state index in [0.29, 0.717) is 19.3 Å². The van der Waals surface area contributed by atoms with Crippen LogP contribution in [0, 0.1) is 5.92 Å². The van der Waals surface area contributed by atoms with Crippen molar-refractivity contribution in [3.63, 3.8) is 0 Å². The van der Waals surface area contributed by atoms with Crippen molar-refractivity contribution in [1.29, 1.82) is 0 Å². The first kappa shape index (κ1) is 23.9. The summed E-state index contributed by atoms with van der Waals surface area (Å²) in [6.45, 7) is 3.58. The Balaban J connectivity index is 1.32. The van der Waals surface area contributed by atoms with E-state index < -0.39 is 0 Å². The van der Waals surface area contributed by atoms with Crippen molar-refractivity contribution >= 4 is 11.8 Å². The lowest BCUT2D eigenvalue weighted by Gasteiger charge is -2.36. The summed E-state index contributed by atoms with van der Waals surface area (Å²) >= 11 is 2.08. The van der Waals surface area contributed by atoms with Gasteiger partial charge in [0.25, 0.3) is 0 Å². The highest BCUT2D eigenvalue weighted by Gasteiger charge is 2.38. The molecule has 4 aromatic rings. The molecule has 0 radical (unpaired) electrons. The summed E-state index contributed by atoms with van der Waals surface area (Å²) in [5.74, 6) is 1.75. The minimum Gasteiger partial charge on any atom is -0.361 e. The van der Waals surface area contributed by atoms with Crippen LogP contribution < -0.4 is 0 Å². The highest BCUT2D eigenvalue weighted by atomic mass is 32.2. The predicted octanol–water partition coefficient (Wildman–Crippen LogP) is 7.21. The molecule has 35 heavy (non-hydrogen) atoms. The maximum absolute atomic E-state index is 6.02. The van der Waals surface area contributed by atoms with Crippen molar-refractivity contribution < 1.29 is 4.74 Å². The van der Waals surface area contributed by atoms with Gasteiger partial charge >= 0.3 is 0 Å². The van der Waals surface area contributed by atoms with Crippen LogP contribution in [0.1, 0.15) is 28.7 Å². The molecule has 1 saturated heterocycles. The van der Waals surface area contributed by atoms with E-state index >= 15 is 0 Å². The molecule has 0 aromatic heterocycles. The Hall–Kier alpha value is -2.85. The SMILES string of the molecule is c1ccc(COCN2CCC(CSC(c3ccccc3)(c3ccccc3)c3ccccc3)C2)cc1. The second kappa shape index (κ2) is 11.7. The van der Waals surface area contributed by atoms with Gasteiger partial charge in [-0.3, -0.25) is 4.90 Å². The number of ether oxygens (including phenoxy) is 1. The zero-order valence-electron chi connectivity index (χ0n) is 20.1. The summed E-state index contributed by atoms with van der Waals surface area (Å²) in [5.41, 5.74) is 5.24. The Bertz CT molecular complexity index is 1050. The first-order valence-electron chi connectivity index (χ1n) is 12.5. The summed E-state index contributed by atoms with van der Waals surface area (Å²) < 4.78 is 5.79. The highest BCUT2D eigenvalue weighted by molar-refractivity contribution is 8.00. The van der Waals surface area contributed by atoms with E-state index in [2.05, 4.69) is 132 Å². The smallest absolute Gasteiger partial charge is 0.0994 e. The third kappa shape index (κ3) is 5.70. The second-order valence-electron chi connectivity index (χ2n) is 9.29. The summed E-state index contributed by atoms with van der Waals surface area (Å²) in [6, 6.07) is 43.5. The predicted molar refractivity (Wildman–Crippen MR) is 147 cm³/mol. The topological polar surface area (TPSA) is 12.5 Å². The van der Waals surface area contributed by atoms with Crippen molar-refractivity contribution in [1.82, 2.24) is 4.90 Å². The molecular formula is C32H33NOS. The maximum Gasteiger partial charge on any atom is 0.0994 e. The Morgan fingerprint density at radius 2 is 1.17 bits per heavy atom. The maximum atomic E-state index is 6.02. The van der Waals surface area contributed by atoms with Gasteiger partial charge in [-0.05, 0) is 40.3 Å². The molecule has 0 spiro atoms. The van der Waals surface area contributed by atoms with E-state index in [4.69, 9.17) is 4.74 Å². The molecule has 3 heteroatoms. The first-order valence-corrected chi connectivity index (χ1v) is 13.5. The lowest BCUT2D eigenvalue weighted by molar-refractivity contribution is 0.0297. The third-order valence-corrected chi connectivity index (χ3v) is 8.61. The van der Waals surface area contributed by atoms with Gasteiger partial charge in [0.2, 0.25) is 0 Å². The van der Waals surface area contributed by atoms with Crippen LogP contribution in [0.25, 0.3) is 0 Å². The Kier molecular flexibility index (Phi) is 7.99. The highest BCUT2D eigenvalue weighted by Crippen LogP contribution is 2.49. The van der Waals surface area contributed by atoms with Crippen molar-refractivity contribution in [2.45, 2.75) is 17.8 Å². The Morgan fingerprint density at radius 1 is 0.686 bits per heavy atom.